The third kappa shape index (κ3) is 4.08. The van der Waals surface area contributed by atoms with Gasteiger partial charge in [0.05, 0.1) is 0 Å². The van der Waals surface area contributed by atoms with E-state index in [4.69, 9.17) is 10.6 Å². The summed E-state index contributed by atoms with van der Waals surface area (Å²) in [4.78, 5) is 16.9. The number of hydroxylamine groups is 2. The molecule has 0 atom stereocenters. The van der Waals surface area contributed by atoms with Crippen LogP contribution in [-0.2, 0) is 0 Å². The molecule has 6 heteroatoms. The Morgan fingerprint density at radius 3 is 3.07 bits per heavy atom. The standard InChI is InChI=1S/C9H13N5O/c1-7-4-5-11-9(13-7)15-14(3)6-12-8(2)10/h4-6H,2,10H2,1,3H3. The molecule has 0 aliphatic carbocycles. The summed E-state index contributed by atoms with van der Waals surface area (Å²) in [5, 5.41) is 1.34. The van der Waals surface area contributed by atoms with Crippen molar-refractivity contribution >= 4 is 6.34 Å². The average Bonchev–Trinajstić information content (AvgIpc) is 2.15. The lowest BCUT2D eigenvalue weighted by atomic mass is 10.5. The minimum Gasteiger partial charge on any atom is -0.384 e. The van der Waals surface area contributed by atoms with Gasteiger partial charge in [0.2, 0.25) is 0 Å². The summed E-state index contributed by atoms with van der Waals surface area (Å²) in [6, 6.07) is 2.04. The van der Waals surface area contributed by atoms with Crippen LogP contribution in [0.15, 0.2) is 29.7 Å². The van der Waals surface area contributed by atoms with Gasteiger partial charge in [0.15, 0.2) is 0 Å². The molecule has 15 heavy (non-hydrogen) atoms. The fourth-order valence-corrected chi connectivity index (χ4v) is 0.778. The molecule has 0 saturated heterocycles. The smallest absolute Gasteiger partial charge is 0.343 e. The van der Waals surface area contributed by atoms with Crippen LogP contribution in [0, 0.1) is 6.92 Å². The van der Waals surface area contributed by atoms with Crippen LogP contribution in [0.5, 0.6) is 6.01 Å². The molecule has 6 nitrogen and oxygen atoms in total. The largest absolute Gasteiger partial charge is 0.384 e. The zero-order valence-corrected chi connectivity index (χ0v) is 8.71. The number of aromatic nitrogens is 2. The molecule has 0 bridgehead atoms. The van der Waals surface area contributed by atoms with Crippen LogP contribution in [0.25, 0.3) is 0 Å². The number of rotatable bonds is 4. The van der Waals surface area contributed by atoms with Crippen molar-refractivity contribution in [2.75, 3.05) is 7.05 Å². The number of nitrogens with zero attached hydrogens (tertiary/aromatic N) is 4. The average molecular weight is 207 g/mol. The summed E-state index contributed by atoms with van der Waals surface area (Å²) >= 11 is 0. The molecule has 0 fully saturated rings. The molecule has 1 rings (SSSR count). The lowest BCUT2D eigenvalue weighted by molar-refractivity contribution is 0.0412. The predicted octanol–water partition coefficient (Wildman–Crippen LogP) is 0.469. The highest BCUT2D eigenvalue weighted by atomic mass is 16.7. The quantitative estimate of drug-likeness (QED) is 0.441. The van der Waals surface area contributed by atoms with Gasteiger partial charge in [-0.15, -0.1) is 0 Å². The van der Waals surface area contributed by atoms with Crippen LogP contribution < -0.4 is 10.6 Å². The van der Waals surface area contributed by atoms with Gasteiger partial charge in [-0.2, -0.15) is 10.0 Å². The molecule has 1 aromatic rings. The van der Waals surface area contributed by atoms with Crippen molar-refractivity contribution in [2.45, 2.75) is 6.92 Å². The Morgan fingerprint density at radius 2 is 2.47 bits per heavy atom. The second-order valence-corrected chi connectivity index (χ2v) is 2.85. The van der Waals surface area contributed by atoms with E-state index in [1.807, 2.05) is 6.92 Å². The summed E-state index contributed by atoms with van der Waals surface area (Å²) in [6.45, 7) is 5.27. The van der Waals surface area contributed by atoms with Crippen molar-refractivity contribution in [3.05, 3.63) is 30.4 Å². The van der Waals surface area contributed by atoms with Crippen molar-refractivity contribution in [3.8, 4) is 6.01 Å². The van der Waals surface area contributed by atoms with Crippen LogP contribution >= 0.6 is 0 Å². The van der Waals surface area contributed by atoms with Gasteiger partial charge in [-0.25, -0.2) is 9.98 Å². The maximum atomic E-state index is 5.25. The van der Waals surface area contributed by atoms with Crippen LogP contribution in [0.1, 0.15) is 5.69 Å². The highest BCUT2D eigenvalue weighted by Crippen LogP contribution is 2.02. The Kier molecular flexibility index (Phi) is 3.61. The number of nitrogens with two attached hydrogens (primary N) is 1. The van der Waals surface area contributed by atoms with E-state index >= 15 is 0 Å². The van der Waals surface area contributed by atoms with Crippen LogP contribution in [0.3, 0.4) is 0 Å². The van der Waals surface area contributed by atoms with Crippen molar-refractivity contribution in [3.63, 3.8) is 0 Å². The first-order chi connectivity index (χ1) is 7.08. The number of aliphatic imine (C=N–C) groups is 1. The van der Waals surface area contributed by atoms with Gasteiger partial charge in [-0.1, -0.05) is 6.58 Å². The Bertz CT molecular complexity index is 377. The zero-order chi connectivity index (χ0) is 11.3. The molecule has 80 valence electrons. The highest BCUT2D eigenvalue weighted by molar-refractivity contribution is 5.54. The van der Waals surface area contributed by atoms with Crippen molar-refractivity contribution in [1.29, 1.82) is 0 Å². The third-order valence-corrected chi connectivity index (χ3v) is 1.38. The number of hydrogen-bond acceptors (Lipinski definition) is 5. The topological polar surface area (TPSA) is 76.6 Å². The van der Waals surface area contributed by atoms with Crippen molar-refractivity contribution in [2.24, 2.45) is 10.7 Å². The molecule has 0 aliphatic rings. The molecular weight excluding hydrogens is 194 g/mol. The van der Waals surface area contributed by atoms with E-state index in [0.29, 0.717) is 0 Å². The Balaban J connectivity index is 2.58. The van der Waals surface area contributed by atoms with E-state index in [1.165, 1.54) is 11.4 Å². The minimum absolute atomic E-state index is 0.204. The van der Waals surface area contributed by atoms with E-state index in [-0.39, 0.29) is 11.8 Å². The van der Waals surface area contributed by atoms with Crippen molar-refractivity contribution in [1.82, 2.24) is 15.0 Å². The van der Waals surface area contributed by atoms with E-state index in [0.717, 1.165) is 5.69 Å². The summed E-state index contributed by atoms with van der Waals surface area (Å²) in [6.07, 6.45) is 3.00. The summed E-state index contributed by atoms with van der Waals surface area (Å²) in [5.41, 5.74) is 6.08. The van der Waals surface area contributed by atoms with Gasteiger partial charge in [0, 0.05) is 18.9 Å². The molecule has 0 radical (unpaired) electrons. The predicted molar refractivity (Wildman–Crippen MR) is 57.0 cm³/mol. The normalized spacial score (nSPS) is 10.3. The van der Waals surface area contributed by atoms with Gasteiger partial charge < -0.3 is 10.6 Å². The lowest BCUT2D eigenvalue weighted by Crippen LogP contribution is -2.22. The SMILES string of the molecule is C=C(N)N=CN(C)Oc1nccc(C)n1. The summed E-state index contributed by atoms with van der Waals surface area (Å²) in [7, 11) is 1.65. The molecule has 0 unspecified atom stereocenters. The Morgan fingerprint density at radius 1 is 1.73 bits per heavy atom. The second kappa shape index (κ2) is 4.94. The first kappa shape index (κ1) is 11.0. The van der Waals surface area contributed by atoms with Gasteiger partial charge in [-0.05, 0) is 13.0 Å². The van der Waals surface area contributed by atoms with E-state index in [9.17, 15) is 0 Å². The van der Waals surface area contributed by atoms with Gasteiger partial charge in [-0.3, -0.25) is 0 Å². The van der Waals surface area contributed by atoms with Crippen LogP contribution in [0.4, 0.5) is 0 Å². The van der Waals surface area contributed by atoms with Gasteiger partial charge in [0.25, 0.3) is 0 Å². The molecule has 0 aromatic carbocycles. The molecule has 1 heterocycles. The van der Waals surface area contributed by atoms with E-state index in [1.54, 1.807) is 19.3 Å². The molecule has 0 amide bonds. The molecular formula is C9H13N5O. The van der Waals surface area contributed by atoms with Crippen LogP contribution in [-0.4, -0.2) is 28.4 Å². The highest BCUT2D eigenvalue weighted by Gasteiger charge is 1.99. The molecule has 2 N–H and O–H groups in total. The zero-order valence-electron chi connectivity index (χ0n) is 8.71. The monoisotopic (exact) mass is 207 g/mol. The first-order valence-corrected chi connectivity index (χ1v) is 4.27. The minimum atomic E-state index is 0.204. The maximum Gasteiger partial charge on any atom is 0.343 e. The summed E-state index contributed by atoms with van der Waals surface area (Å²) in [5.74, 6) is 0.204. The third-order valence-electron chi connectivity index (χ3n) is 1.38. The Hall–Kier alpha value is -2.11. The molecule has 0 saturated carbocycles. The number of aryl methyl sites for hydroxylation is 1. The van der Waals surface area contributed by atoms with Crippen LogP contribution in [0.2, 0.25) is 0 Å². The van der Waals surface area contributed by atoms with Crippen molar-refractivity contribution < 1.29 is 4.84 Å². The lowest BCUT2D eigenvalue weighted by Gasteiger charge is -2.11. The van der Waals surface area contributed by atoms with E-state index < -0.39 is 0 Å². The maximum absolute atomic E-state index is 5.25. The number of hydrogen-bond donors (Lipinski definition) is 1. The molecule has 1 aromatic heterocycles. The first-order valence-electron chi connectivity index (χ1n) is 4.27. The summed E-state index contributed by atoms with van der Waals surface area (Å²) < 4.78 is 0. The second-order valence-electron chi connectivity index (χ2n) is 2.85. The van der Waals surface area contributed by atoms with Gasteiger partial charge >= 0.3 is 6.01 Å². The van der Waals surface area contributed by atoms with Gasteiger partial charge in [0.1, 0.15) is 12.2 Å². The fourth-order valence-electron chi connectivity index (χ4n) is 0.778. The molecule has 0 aliphatic heterocycles. The Labute approximate surface area is 88.1 Å². The fraction of sp³-hybridized carbons (Fsp3) is 0.222. The molecule has 0 spiro atoms. The van der Waals surface area contributed by atoms with E-state index in [2.05, 4.69) is 21.5 Å².